The first-order valence-corrected chi connectivity index (χ1v) is 8.32. The Hall–Kier alpha value is -2.66. The number of nitrogens with zero attached hydrogens (tertiary/aromatic N) is 2. The average molecular weight is 356 g/mol. The van der Waals surface area contributed by atoms with Gasteiger partial charge in [0.15, 0.2) is 0 Å². The fourth-order valence-electron chi connectivity index (χ4n) is 3.26. The van der Waals surface area contributed by atoms with Crippen molar-refractivity contribution in [2.75, 3.05) is 6.54 Å². The van der Waals surface area contributed by atoms with Gasteiger partial charge in [-0.05, 0) is 23.8 Å². The van der Waals surface area contributed by atoms with Crippen LogP contribution in [0.1, 0.15) is 33.2 Å². The topological polar surface area (TPSA) is 49.0 Å². The number of fused-ring (bicyclic) bond motifs is 1. The third kappa shape index (κ3) is 2.91. The lowest BCUT2D eigenvalue weighted by molar-refractivity contribution is 0.0717. The Labute approximate surface area is 149 Å². The second-order valence-corrected chi connectivity index (χ2v) is 6.48. The van der Waals surface area contributed by atoms with Gasteiger partial charge in [0.05, 0.1) is 29.8 Å². The number of hydrogen-bond donors (Lipinski definition) is 1. The van der Waals surface area contributed by atoms with Gasteiger partial charge < -0.3 is 9.88 Å². The highest BCUT2D eigenvalue weighted by atomic mass is 35.5. The number of H-pyrrole nitrogens is 1. The molecule has 4 nitrogen and oxygen atoms in total. The molecule has 1 atom stereocenters. The predicted molar refractivity (Wildman–Crippen MR) is 93.0 cm³/mol. The van der Waals surface area contributed by atoms with Gasteiger partial charge in [-0.25, -0.2) is 9.37 Å². The summed E-state index contributed by atoms with van der Waals surface area (Å²) in [5.41, 5.74) is 2.92. The molecule has 0 spiro atoms. The Morgan fingerprint density at radius 3 is 2.80 bits per heavy atom. The van der Waals surface area contributed by atoms with Gasteiger partial charge >= 0.3 is 0 Å². The normalized spacial score (nSPS) is 16.6. The van der Waals surface area contributed by atoms with Crippen LogP contribution in [0.2, 0.25) is 5.02 Å². The smallest absolute Gasteiger partial charge is 0.257 e. The fraction of sp³-hybridized carbons (Fsp3) is 0.158. The van der Waals surface area contributed by atoms with Crippen LogP contribution in [-0.2, 0) is 6.54 Å². The Kier molecular flexibility index (Phi) is 4.01. The third-order valence-electron chi connectivity index (χ3n) is 4.48. The summed E-state index contributed by atoms with van der Waals surface area (Å²) < 4.78 is 14.2. The van der Waals surface area contributed by atoms with Gasteiger partial charge in [0, 0.05) is 17.5 Å². The number of hydrogen-bond acceptors (Lipinski definition) is 2. The largest absolute Gasteiger partial charge is 0.347 e. The monoisotopic (exact) mass is 355 g/mol. The van der Waals surface area contributed by atoms with Crippen LogP contribution in [0, 0.1) is 5.82 Å². The summed E-state index contributed by atoms with van der Waals surface area (Å²) in [6.07, 6.45) is 1.64. The van der Waals surface area contributed by atoms with Gasteiger partial charge in [0.1, 0.15) is 5.82 Å². The zero-order valence-electron chi connectivity index (χ0n) is 13.2. The van der Waals surface area contributed by atoms with E-state index in [1.807, 2.05) is 30.3 Å². The Balaban J connectivity index is 1.69. The lowest BCUT2D eigenvalue weighted by atomic mass is 9.90. The van der Waals surface area contributed by atoms with E-state index < -0.39 is 5.82 Å². The SMILES string of the molecule is O=C(c1ccc(Cl)cc1F)N1Cc2[nH]cnc2C(c2ccccc2)C1. The van der Waals surface area contributed by atoms with Crippen molar-refractivity contribution in [3.05, 3.63) is 88.2 Å². The van der Waals surface area contributed by atoms with Crippen molar-refractivity contribution < 1.29 is 9.18 Å². The lowest BCUT2D eigenvalue weighted by Crippen LogP contribution is -2.39. The summed E-state index contributed by atoms with van der Waals surface area (Å²) in [7, 11) is 0. The van der Waals surface area contributed by atoms with Crippen molar-refractivity contribution in [1.29, 1.82) is 0 Å². The summed E-state index contributed by atoms with van der Waals surface area (Å²) in [4.78, 5) is 22.0. The Bertz CT molecular complexity index is 925. The molecule has 1 unspecified atom stereocenters. The van der Waals surface area contributed by atoms with E-state index in [9.17, 15) is 9.18 Å². The van der Waals surface area contributed by atoms with Gasteiger partial charge in [-0.2, -0.15) is 0 Å². The number of amides is 1. The number of benzene rings is 2. The van der Waals surface area contributed by atoms with Gasteiger partial charge in [0.2, 0.25) is 0 Å². The maximum Gasteiger partial charge on any atom is 0.257 e. The minimum atomic E-state index is -0.607. The van der Waals surface area contributed by atoms with Gasteiger partial charge in [-0.15, -0.1) is 0 Å². The first kappa shape index (κ1) is 15.8. The van der Waals surface area contributed by atoms with Gasteiger partial charge in [-0.3, -0.25) is 4.79 Å². The van der Waals surface area contributed by atoms with Crippen LogP contribution in [0.15, 0.2) is 54.9 Å². The number of halogens is 2. The van der Waals surface area contributed by atoms with E-state index in [1.54, 1.807) is 11.2 Å². The highest BCUT2D eigenvalue weighted by molar-refractivity contribution is 6.30. The van der Waals surface area contributed by atoms with Crippen molar-refractivity contribution in [2.45, 2.75) is 12.5 Å². The number of aromatic amines is 1. The molecule has 1 amide bonds. The fourth-order valence-corrected chi connectivity index (χ4v) is 3.42. The summed E-state index contributed by atoms with van der Waals surface area (Å²) in [6.45, 7) is 0.822. The quantitative estimate of drug-likeness (QED) is 0.755. The van der Waals surface area contributed by atoms with E-state index in [-0.39, 0.29) is 22.4 Å². The van der Waals surface area contributed by atoms with Crippen LogP contribution in [-0.4, -0.2) is 27.3 Å². The molecule has 1 aromatic heterocycles. The summed E-state index contributed by atoms with van der Waals surface area (Å²) in [5, 5.41) is 0.269. The summed E-state index contributed by atoms with van der Waals surface area (Å²) in [6, 6.07) is 14.0. The highest BCUT2D eigenvalue weighted by Gasteiger charge is 2.32. The van der Waals surface area contributed by atoms with E-state index >= 15 is 0 Å². The lowest BCUT2D eigenvalue weighted by Gasteiger charge is -2.32. The molecule has 0 fully saturated rings. The Morgan fingerprint density at radius 1 is 1.24 bits per heavy atom. The molecule has 2 aromatic carbocycles. The van der Waals surface area contributed by atoms with Crippen LogP contribution in [0.3, 0.4) is 0 Å². The molecule has 0 saturated heterocycles. The van der Waals surface area contributed by atoms with Crippen molar-refractivity contribution in [2.24, 2.45) is 0 Å². The van der Waals surface area contributed by atoms with Crippen LogP contribution in [0.25, 0.3) is 0 Å². The maximum atomic E-state index is 14.2. The van der Waals surface area contributed by atoms with Gasteiger partial charge in [0.25, 0.3) is 5.91 Å². The summed E-state index contributed by atoms with van der Waals surface area (Å²) in [5.74, 6) is -1.00. The predicted octanol–water partition coefficient (Wildman–Crippen LogP) is 3.99. The zero-order chi connectivity index (χ0) is 17.4. The Morgan fingerprint density at radius 2 is 2.04 bits per heavy atom. The minimum absolute atomic E-state index is 0.0270. The first-order valence-electron chi connectivity index (χ1n) is 7.95. The third-order valence-corrected chi connectivity index (χ3v) is 4.72. The molecule has 25 heavy (non-hydrogen) atoms. The van der Waals surface area contributed by atoms with Crippen LogP contribution in [0.5, 0.6) is 0 Å². The number of nitrogens with one attached hydrogen (secondary N) is 1. The molecule has 2 heterocycles. The van der Waals surface area contributed by atoms with Crippen molar-refractivity contribution in [3.63, 3.8) is 0 Å². The molecule has 0 aliphatic carbocycles. The number of imidazole rings is 1. The van der Waals surface area contributed by atoms with Crippen molar-refractivity contribution in [1.82, 2.24) is 14.9 Å². The molecule has 126 valence electrons. The highest BCUT2D eigenvalue weighted by Crippen LogP contribution is 2.32. The molecule has 4 rings (SSSR count). The number of aromatic nitrogens is 2. The van der Waals surface area contributed by atoms with E-state index in [4.69, 9.17) is 11.6 Å². The molecule has 0 radical (unpaired) electrons. The van der Waals surface area contributed by atoms with Crippen LogP contribution in [0.4, 0.5) is 4.39 Å². The zero-order valence-corrected chi connectivity index (χ0v) is 14.0. The molecule has 0 bridgehead atoms. The molecule has 1 aliphatic rings. The van der Waals surface area contributed by atoms with Crippen molar-refractivity contribution >= 4 is 17.5 Å². The molecule has 0 saturated carbocycles. The molecule has 1 aliphatic heterocycles. The van der Waals surface area contributed by atoms with E-state index in [2.05, 4.69) is 9.97 Å². The second kappa shape index (κ2) is 6.33. The van der Waals surface area contributed by atoms with Crippen LogP contribution < -0.4 is 0 Å². The van der Waals surface area contributed by atoms with E-state index in [1.165, 1.54) is 12.1 Å². The second-order valence-electron chi connectivity index (χ2n) is 6.04. The maximum absolute atomic E-state index is 14.2. The number of rotatable bonds is 2. The average Bonchev–Trinajstić information content (AvgIpc) is 3.09. The van der Waals surface area contributed by atoms with Crippen LogP contribution >= 0.6 is 11.6 Å². The van der Waals surface area contributed by atoms with E-state index in [0.717, 1.165) is 23.0 Å². The molecule has 1 N–H and O–H groups in total. The number of carbonyl (C=O) groups is 1. The molecule has 6 heteroatoms. The first-order chi connectivity index (χ1) is 12.1. The molecule has 3 aromatic rings. The standard InChI is InChI=1S/C19H15ClFN3O/c20-13-6-7-14(16(21)8-13)19(25)24-9-15(12-4-2-1-3-5-12)18-17(10-24)22-11-23-18/h1-8,11,15H,9-10H2,(H,22,23). The molecular formula is C19H15ClFN3O. The van der Waals surface area contributed by atoms with E-state index in [0.29, 0.717) is 13.1 Å². The van der Waals surface area contributed by atoms with Crippen molar-refractivity contribution in [3.8, 4) is 0 Å². The van der Waals surface area contributed by atoms with Gasteiger partial charge in [-0.1, -0.05) is 41.9 Å². The summed E-state index contributed by atoms with van der Waals surface area (Å²) >= 11 is 5.78. The molecular weight excluding hydrogens is 341 g/mol. The number of carbonyl (C=O) groups excluding carboxylic acids is 1. The minimum Gasteiger partial charge on any atom is -0.347 e.